The van der Waals surface area contributed by atoms with Gasteiger partial charge < -0.3 is 9.47 Å². The molecule has 4 aromatic rings. The Labute approximate surface area is 181 Å². The lowest BCUT2D eigenvalue weighted by molar-refractivity contribution is 0.0982. The predicted molar refractivity (Wildman–Crippen MR) is 116 cm³/mol. The molecule has 0 saturated heterocycles. The lowest BCUT2D eigenvalue weighted by atomic mass is 10.1. The topological polar surface area (TPSA) is 51.7 Å². The molecule has 0 aliphatic rings. The Morgan fingerprint density at radius 2 is 1.81 bits per heavy atom. The number of fused-ring (bicyclic) bond motifs is 1. The molecule has 0 N–H and O–H groups in total. The van der Waals surface area contributed by atoms with E-state index in [-0.39, 0.29) is 22.8 Å². The summed E-state index contributed by atoms with van der Waals surface area (Å²) < 4.78 is 38.9. The van der Waals surface area contributed by atoms with E-state index in [1.165, 1.54) is 25.2 Å². The first-order valence-electron chi connectivity index (χ1n) is 9.33. The maximum atomic E-state index is 14.3. The number of hydrogen-bond acceptors (Lipinski definition) is 5. The van der Waals surface area contributed by atoms with Crippen molar-refractivity contribution in [1.29, 1.82) is 0 Å². The Morgan fingerprint density at radius 3 is 2.52 bits per heavy atom. The first kappa shape index (κ1) is 20.7. The highest BCUT2D eigenvalue weighted by Crippen LogP contribution is 2.34. The molecular formula is C23H18F2N2O3S. The van der Waals surface area contributed by atoms with Gasteiger partial charge in [-0.25, -0.2) is 13.8 Å². The Bertz CT molecular complexity index is 1240. The molecule has 0 radical (unpaired) electrons. The Hall–Kier alpha value is -3.52. The molecule has 0 fully saturated rings. The average molecular weight is 440 g/mol. The van der Waals surface area contributed by atoms with Gasteiger partial charge in [0.2, 0.25) is 0 Å². The molecule has 1 amide bonds. The van der Waals surface area contributed by atoms with Gasteiger partial charge in [0.1, 0.15) is 22.8 Å². The second kappa shape index (κ2) is 8.69. The average Bonchev–Trinajstić information content (AvgIpc) is 3.21. The molecule has 0 spiro atoms. The number of anilines is 1. The number of nitrogens with zero attached hydrogens (tertiary/aromatic N) is 2. The van der Waals surface area contributed by atoms with E-state index in [0.717, 1.165) is 23.0 Å². The minimum atomic E-state index is -0.774. The van der Waals surface area contributed by atoms with Crippen LogP contribution in [0.25, 0.3) is 10.2 Å². The third-order valence-electron chi connectivity index (χ3n) is 4.70. The largest absolute Gasteiger partial charge is 0.497 e. The van der Waals surface area contributed by atoms with Crippen molar-refractivity contribution in [2.24, 2.45) is 0 Å². The van der Waals surface area contributed by atoms with Gasteiger partial charge >= 0.3 is 0 Å². The first-order chi connectivity index (χ1) is 15.0. The SMILES string of the molecule is COc1ccc(OC)c(C(=O)N(Cc2ccccc2)c2nc3c(F)cc(F)cc3s2)c1. The molecule has 4 rings (SSSR count). The smallest absolute Gasteiger partial charge is 0.264 e. The molecule has 8 heteroatoms. The van der Waals surface area contributed by atoms with E-state index >= 15 is 0 Å². The summed E-state index contributed by atoms with van der Waals surface area (Å²) in [5, 5.41) is 0.248. The van der Waals surface area contributed by atoms with E-state index in [9.17, 15) is 13.6 Å². The third-order valence-corrected chi connectivity index (χ3v) is 5.72. The molecule has 0 atom stereocenters. The van der Waals surface area contributed by atoms with Crippen LogP contribution < -0.4 is 14.4 Å². The number of carbonyl (C=O) groups is 1. The fourth-order valence-electron chi connectivity index (χ4n) is 3.18. The molecule has 0 saturated carbocycles. The minimum Gasteiger partial charge on any atom is -0.497 e. The van der Waals surface area contributed by atoms with Gasteiger partial charge in [-0.2, -0.15) is 0 Å². The predicted octanol–water partition coefficient (Wildman–Crippen LogP) is 5.44. The normalized spacial score (nSPS) is 10.8. The lowest BCUT2D eigenvalue weighted by Gasteiger charge is -2.21. The zero-order valence-electron chi connectivity index (χ0n) is 16.8. The molecule has 5 nitrogen and oxygen atoms in total. The monoisotopic (exact) mass is 440 g/mol. The fraction of sp³-hybridized carbons (Fsp3) is 0.130. The van der Waals surface area contributed by atoms with Gasteiger partial charge in [-0.1, -0.05) is 41.7 Å². The molecule has 0 bridgehead atoms. The quantitative estimate of drug-likeness (QED) is 0.401. The molecule has 1 heterocycles. The number of rotatable bonds is 6. The maximum absolute atomic E-state index is 14.3. The molecule has 1 aromatic heterocycles. The van der Waals surface area contributed by atoms with Gasteiger partial charge in [0.25, 0.3) is 5.91 Å². The Morgan fingerprint density at radius 1 is 1.03 bits per heavy atom. The van der Waals surface area contributed by atoms with Crippen LogP contribution in [0.3, 0.4) is 0 Å². The second-order valence-electron chi connectivity index (χ2n) is 6.67. The van der Waals surface area contributed by atoms with E-state index in [1.54, 1.807) is 18.2 Å². The summed E-state index contributed by atoms with van der Waals surface area (Å²) >= 11 is 1.04. The van der Waals surface area contributed by atoms with Crippen molar-refractivity contribution < 1.29 is 23.0 Å². The van der Waals surface area contributed by atoms with Crippen LogP contribution >= 0.6 is 11.3 Å². The van der Waals surface area contributed by atoms with Crippen LogP contribution in [0.5, 0.6) is 11.5 Å². The van der Waals surface area contributed by atoms with Crippen molar-refractivity contribution in [3.8, 4) is 11.5 Å². The number of aromatic nitrogens is 1. The van der Waals surface area contributed by atoms with Crippen molar-refractivity contribution in [2.75, 3.05) is 19.1 Å². The Kier molecular flexibility index (Phi) is 5.81. The van der Waals surface area contributed by atoms with Crippen LogP contribution in [-0.2, 0) is 6.54 Å². The molecule has 3 aromatic carbocycles. The van der Waals surface area contributed by atoms with Crippen molar-refractivity contribution in [3.05, 3.63) is 83.4 Å². The summed E-state index contributed by atoms with van der Waals surface area (Å²) in [6.07, 6.45) is 0. The highest BCUT2D eigenvalue weighted by Gasteiger charge is 2.26. The summed E-state index contributed by atoms with van der Waals surface area (Å²) in [4.78, 5) is 19.3. The van der Waals surface area contributed by atoms with Gasteiger partial charge in [0, 0.05) is 6.07 Å². The fourth-order valence-corrected chi connectivity index (χ4v) is 4.18. The number of carbonyl (C=O) groups excluding carboxylic acids is 1. The van der Waals surface area contributed by atoms with E-state index in [2.05, 4.69) is 4.98 Å². The summed E-state index contributed by atoms with van der Waals surface area (Å²) in [6, 6.07) is 16.2. The summed E-state index contributed by atoms with van der Waals surface area (Å²) in [5.74, 6) is -1.03. The number of amides is 1. The van der Waals surface area contributed by atoms with E-state index in [1.807, 2.05) is 30.3 Å². The van der Waals surface area contributed by atoms with E-state index in [4.69, 9.17) is 9.47 Å². The van der Waals surface area contributed by atoms with Gasteiger partial charge in [0.15, 0.2) is 10.9 Å². The molecule has 0 aliphatic heterocycles. The van der Waals surface area contributed by atoms with Crippen molar-refractivity contribution in [3.63, 3.8) is 0 Å². The summed E-state index contributed by atoms with van der Waals surface area (Å²) in [6.45, 7) is 0.184. The summed E-state index contributed by atoms with van der Waals surface area (Å²) in [7, 11) is 2.97. The van der Waals surface area contributed by atoms with Crippen LogP contribution in [0.4, 0.5) is 13.9 Å². The van der Waals surface area contributed by atoms with Crippen molar-refractivity contribution >= 4 is 32.6 Å². The number of halogens is 2. The summed E-state index contributed by atoms with van der Waals surface area (Å²) in [5.41, 5.74) is 1.14. The third kappa shape index (κ3) is 4.20. The van der Waals surface area contributed by atoms with Gasteiger partial charge in [-0.15, -0.1) is 0 Å². The van der Waals surface area contributed by atoms with Crippen molar-refractivity contribution in [2.45, 2.75) is 6.54 Å². The zero-order chi connectivity index (χ0) is 22.0. The van der Waals surface area contributed by atoms with Gasteiger partial charge in [-0.3, -0.25) is 9.69 Å². The van der Waals surface area contributed by atoms with Gasteiger partial charge in [-0.05, 0) is 29.8 Å². The van der Waals surface area contributed by atoms with Gasteiger partial charge in [0.05, 0.1) is 31.0 Å². The van der Waals surface area contributed by atoms with Crippen LogP contribution in [0.15, 0.2) is 60.7 Å². The molecule has 158 valence electrons. The van der Waals surface area contributed by atoms with Crippen LogP contribution in [0.1, 0.15) is 15.9 Å². The van der Waals surface area contributed by atoms with Crippen molar-refractivity contribution in [1.82, 2.24) is 4.98 Å². The number of methoxy groups -OCH3 is 2. The highest BCUT2D eigenvalue weighted by atomic mass is 32.1. The Balaban J connectivity index is 1.84. The number of hydrogen-bond donors (Lipinski definition) is 0. The second-order valence-corrected chi connectivity index (χ2v) is 7.68. The van der Waals surface area contributed by atoms with E-state index < -0.39 is 17.5 Å². The van der Waals surface area contributed by atoms with Crippen LogP contribution in [-0.4, -0.2) is 25.1 Å². The standard InChI is InChI=1S/C23H18F2N2O3S/c1-29-16-8-9-19(30-2)17(12-16)22(28)27(13-14-6-4-3-5-7-14)23-26-21-18(25)10-15(24)11-20(21)31-23/h3-12H,13H2,1-2H3. The molecule has 31 heavy (non-hydrogen) atoms. The van der Waals surface area contributed by atoms with Crippen LogP contribution in [0.2, 0.25) is 0 Å². The number of ether oxygens (including phenoxy) is 2. The number of benzene rings is 3. The highest BCUT2D eigenvalue weighted by molar-refractivity contribution is 7.22. The molecular weight excluding hydrogens is 422 g/mol. The number of thiazole rings is 1. The minimum absolute atomic E-state index is 0.0184. The van der Waals surface area contributed by atoms with E-state index in [0.29, 0.717) is 16.2 Å². The molecule has 0 unspecified atom stereocenters. The molecule has 0 aliphatic carbocycles. The maximum Gasteiger partial charge on any atom is 0.264 e. The van der Waals surface area contributed by atoms with Crippen LogP contribution in [0, 0.1) is 11.6 Å². The first-order valence-corrected chi connectivity index (χ1v) is 10.1. The lowest BCUT2D eigenvalue weighted by Crippen LogP contribution is -2.30. The zero-order valence-corrected chi connectivity index (χ0v) is 17.6.